The highest BCUT2D eigenvalue weighted by Gasteiger charge is 2.36. The Balaban J connectivity index is 1.05. The van der Waals surface area contributed by atoms with Crippen LogP contribution in [0.15, 0.2) is 188 Å². The van der Waals surface area contributed by atoms with Crippen molar-refractivity contribution in [1.82, 2.24) is 4.57 Å². The average Bonchev–Trinajstić information content (AvgIpc) is 3.69. The smallest absolute Gasteiger partial charge is 0.120 e. The van der Waals surface area contributed by atoms with Crippen molar-refractivity contribution in [1.29, 1.82) is 0 Å². The summed E-state index contributed by atoms with van der Waals surface area (Å²) < 4.78 is 8.14. The molecule has 0 saturated carbocycles. The largest absolute Gasteiger partial charge is 0.497 e. The third-order valence-corrected chi connectivity index (χ3v) is 11.5. The highest BCUT2D eigenvalue weighted by Crippen LogP contribution is 2.51. The quantitative estimate of drug-likeness (QED) is 0.164. The molecule has 264 valence electrons. The van der Waals surface area contributed by atoms with E-state index in [1.54, 1.807) is 7.11 Å². The minimum absolute atomic E-state index is 0.219. The van der Waals surface area contributed by atoms with Crippen LogP contribution in [0.1, 0.15) is 25.0 Å². The van der Waals surface area contributed by atoms with Crippen molar-refractivity contribution in [3.05, 3.63) is 199 Å². The van der Waals surface area contributed by atoms with Crippen molar-refractivity contribution in [2.45, 2.75) is 19.3 Å². The number of fused-ring (bicyclic) bond motifs is 6. The number of aromatic nitrogens is 1. The fourth-order valence-corrected chi connectivity index (χ4v) is 8.70. The molecule has 1 aliphatic rings. The summed E-state index contributed by atoms with van der Waals surface area (Å²) in [6.45, 7) is 4.73. The monoisotopic (exact) mass is 708 g/mol. The Morgan fingerprint density at radius 1 is 0.436 bits per heavy atom. The van der Waals surface area contributed by atoms with Crippen molar-refractivity contribution >= 4 is 38.9 Å². The SMILES string of the molecule is COc1cccc(N(c2ccc(-c3cccc(-c4ccccc4)c3)cc2)c2ccc3c(c2)C(C)(C)c2cc(-n4c5ccccc5c5ccccc54)ccc2-3)c1. The van der Waals surface area contributed by atoms with Crippen LogP contribution < -0.4 is 9.64 Å². The van der Waals surface area contributed by atoms with Crippen LogP contribution in [0.3, 0.4) is 0 Å². The van der Waals surface area contributed by atoms with E-state index in [0.29, 0.717) is 0 Å². The van der Waals surface area contributed by atoms with E-state index in [0.717, 1.165) is 22.8 Å². The van der Waals surface area contributed by atoms with Crippen LogP contribution in [0.4, 0.5) is 17.1 Å². The van der Waals surface area contributed by atoms with Crippen LogP contribution in [-0.2, 0) is 5.41 Å². The van der Waals surface area contributed by atoms with Gasteiger partial charge in [-0.15, -0.1) is 0 Å². The predicted octanol–water partition coefficient (Wildman–Crippen LogP) is 13.9. The highest BCUT2D eigenvalue weighted by atomic mass is 16.5. The van der Waals surface area contributed by atoms with Crippen molar-refractivity contribution in [3.63, 3.8) is 0 Å². The van der Waals surface area contributed by atoms with Crippen molar-refractivity contribution < 1.29 is 4.74 Å². The van der Waals surface area contributed by atoms with Gasteiger partial charge in [-0.1, -0.05) is 129 Å². The first-order valence-electron chi connectivity index (χ1n) is 19.0. The minimum atomic E-state index is -0.219. The van der Waals surface area contributed by atoms with E-state index in [2.05, 4.69) is 205 Å². The first-order valence-corrected chi connectivity index (χ1v) is 19.0. The van der Waals surface area contributed by atoms with E-state index in [9.17, 15) is 0 Å². The van der Waals surface area contributed by atoms with E-state index in [1.807, 2.05) is 6.07 Å². The molecule has 0 unspecified atom stereocenters. The molecule has 0 spiro atoms. The van der Waals surface area contributed by atoms with E-state index < -0.39 is 0 Å². The Hall–Kier alpha value is -6.84. The summed E-state index contributed by atoms with van der Waals surface area (Å²) in [4.78, 5) is 2.34. The van der Waals surface area contributed by atoms with E-state index in [4.69, 9.17) is 4.74 Å². The Morgan fingerprint density at radius 2 is 0.982 bits per heavy atom. The molecule has 0 fully saturated rings. The van der Waals surface area contributed by atoms with Gasteiger partial charge in [0.15, 0.2) is 0 Å². The van der Waals surface area contributed by atoms with Gasteiger partial charge < -0.3 is 14.2 Å². The Morgan fingerprint density at radius 3 is 1.67 bits per heavy atom. The number of benzene rings is 8. The van der Waals surface area contributed by atoms with E-state index >= 15 is 0 Å². The number of ether oxygens (including phenoxy) is 1. The second kappa shape index (κ2) is 12.9. The predicted molar refractivity (Wildman–Crippen MR) is 230 cm³/mol. The van der Waals surface area contributed by atoms with Gasteiger partial charge in [-0.25, -0.2) is 0 Å². The molecule has 1 heterocycles. The molecule has 0 radical (unpaired) electrons. The molecule has 1 aliphatic carbocycles. The standard InChI is InChI=1S/C52H40N2O/c1-52(2)48-33-41(27-29-44(48)45-30-28-42(34-49(45)52)54-50-21-9-7-19-46(50)47-20-8-10-22-51(47)54)53(40-17-12-18-43(32-40)55-3)39-25-23-36(24-26-39)38-16-11-15-37(31-38)35-13-5-4-6-14-35/h4-34H,1-3H3. The van der Waals surface area contributed by atoms with Crippen LogP contribution in [0.5, 0.6) is 5.75 Å². The lowest BCUT2D eigenvalue weighted by Gasteiger charge is -2.28. The van der Waals surface area contributed by atoms with E-state index in [1.165, 1.54) is 72.0 Å². The Kier molecular flexibility index (Phi) is 7.71. The minimum Gasteiger partial charge on any atom is -0.497 e. The molecule has 55 heavy (non-hydrogen) atoms. The molecular weight excluding hydrogens is 669 g/mol. The maximum atomic E-state index is 5.72. The molecule has 0 aliphatic heterocycles. The third kappa shape index (κ3) is 5.42. The van der Waals surface area contributed by atoms with Crippen molar-refractivity contribution in [2.24, 2.45) is 0 Å². The lowest BCUT2D eigenvalue weighted by atomic mass is 9.82. The number of rotatable bonds is 7. The molecule has 3 nitrogen and oxygen atoms in total. The van der Waals surface area contributed by atoms with Crippen molar-refractivity contribution in [3.8, 4) is 44.8 Å². The zero-order valence-electron chi connectivity index (χ0n) is 31.2. The molecule has 1 aromatic heterocycles. The summed E-state index contributed by atoms with van der Waals surface area (Å²) in [5.41, 5.74) is 16.7. The molecule has 0 atom stereocenters. The van der Waals surface area contributed by atoms with Gasteiger partial charge in [0, 0.05) is 45.0 Å². The number of para-hydroxylation sites is 2. The summed E-state index contributed by atoms with van der Waals surface area (Å²) in [6, 6.07) is 68.1. The second-order valence-corrected chi connectivity index (χ2v) is 15.0. The summed E-state index contributed by atoms with van der Waals surface area (Å²) in [6.07, 6.45) is 0. The van der Waals surface area contributed by atoms with Crippen LogP contribution >= 0.6 is 0 Å². The Labute approximate surface area is 322 Å². The first kappa shape index (κ1) is 32.8. The number of methoxy groups -OCH3 is 1. The molecule has 0 bridgehead atoms. The Bertz CT molecular complexity index is 2830. The zero-order valence-corrected chi connectivity index (χ0v) is 31.2. The van der Waals surface area contributed by atoms with Crippen LogP contribution in [0.25, 0.3) is 60.9 Å². The molecule has 0 amide bonds. The van der Waals surface area contributed by atoms with Gasteiger partial charge in [-0.2, -0.15) is 0 Å². The average molecular weight is 709 g/mol. The maximum absolute atomic E-state index is 5.72. The molecular formula is C52H40N2O. The molecule has 8 aromatic carbocycles. The van der Waals surface area contributed by atoms with Crippen LogP contribution in [0.2, 0.25) is 0 Å². The highest BCUT2D eigenvalue weighted by molar-refractivity contribution is 6.09. The molecule has 0 N–H and O–H groups in total. The third-order valence-electron chi connectivity index (χ3n) is 11.5. The van der Waals surface area contributed by atoms with Gasteiger partial charge in [0.1, 0.15) is 5.75 Å². The maximum Gasteiger partial charge on any atom is 0.120 e. The summed E-state index contributed by atoms with van der Waals surface area (Å²) >= 11 is 0. The van der Waals surface area contributed by atoms with Crippen LogP contribution in [-0.4, -0.2) is 11.7 Å². The first-order chi connectivity index (χ1) is 27.0. The summed E-state index contributed by atoms with van der Waals surface area (Å²) in [7, 11) is 1.73. The van der Waals surface area contributed by atoms with E-state index in [-0.39, 0.29) is 5.41 Å². The molecule has 0 saturated heterocycles. The van der Waals surface area contributed by atoms with Crippen LogP contribution in [0, 0.1) is 0 Å². The lowest BCUT2D eigenvalue weighted by molar-refractivity contribution is 0.415. The fraction of sp³-hybridized carbons (Fsp3) is 0.0769. The molecule has 10 rings (SSSR count). The zero-order chi connectivity index (χ0) is 37.1. The topological polar surface area (TPSA) is 17.4 Å². The summed E-state index contributed by atoms with van der Waals surface area (Å²) in [5, 5.41) is 2.55. The number of anilines is 3. The molecule has 9 aromatic rings. The van der Waals surface area contributed by atoms with Gasteiger partial charge in [0.2, 0.25) is 0 Å². The number of hydrogen-bond donors (Lipinski definition) is 0. The van der Waals surface area contributed by atoms with Gasteiger partial charge >= 0.3 is 0 Å². The van der Waals surface area contributed by atoms with Gasteiger partial charge in [-0.05, 0) is 111 Å². The van der Waals surface area contributed by atoms with Gasteiger partial charge in [0.05, 0.1) is 18.1 Å². The molecule has 3 heteroatoms. The number of hydrogen-bond acceptors (Lipinski definition) is 2. The summed E-state index contributed by atoms with van der Waals surface area (Å²) in [5.74, 6) is 0.823. The normalized spacial score (nSPS) is 12.8. The van der Waals surface area contributed by atoms with Crippen molar-refractivity contribution in [2.75, 3.05) is 12.0 Å². The number of nitrogens with zero attached hydrogens (tertiary/aromatic N) is 2. The lowest BCUT2D eigenvalue weighted by Crippen LogP contribution is -2.17. The van der Waals surface area contributed by atoms with Gasteiger partial charge in [-0.3, -0.25) is 0 Å². The second-order valence-electron chi connectivity index (χ2n) is 15.0. The van der Waals surface area contributed by atoms with Gasteiger partial charge in [0.25, 0.3) is 0 Å². The fourth-order valence-electron chi connectivity index (χ4n) is 8.70.